The summed E-state index contributed by atoms with van der Waals surface area (Å²) in [7, 11) is 0. The molecule has 20 aromatic rings. The maximum atomic E-state index is 5.41. The van der Waals surface area contributed by atoms with Gasteiger partial charge in [0.2, 0.25) is 0 Å². The predicted molar refractivity (Wildman–Crippen MR) is 578 cm³/mol. The third kappa shape index (κ3) is 11.8. The van der Waals surface area contributed by atoms with Crippen molar-refractivity contribution < 1.29 is 0 Å². The smallest absolute Gasteiger partial charge is 0.146 e. The van der Waals surface area contributed by atoms with Crippen molar-refractivity contribution in [2.45, 2.75) is 332 Å². The Hall–Kier alpha value is -11.5. The SMILES string of the molecule is Cc1c(C)c(C)c2c(nc3c4c(C)c(C)c(C)c(C)c4c4c(C)c(C)c(C)c(C)c4n32)c1C.Cc1c(C)c(C)c2c(nc3c4c(C)c(C)c(C)c(C)c4c4c(C)c(C)c(C)c(C)c4n32)c1C.Cc1c(C)c(C)c2c(nc3c4c(C)c(C)c(C)c(C)c4c4c(C)c(C)c(C)c(C)c4n32)c1C.Cc1c(C)c(C)c2c(nc3c4c(C)c(C)c(C)c(C)c4c4c(C)c(C)c(C)c(C)c4n32)c1C. The highest BCUT2D eigenvalue weighted by Gasteiger charge is 2.33. The molecule has 0 saturated heterocycles. The molecule has 8 aromatic heterocycles. The first kappa shape index (κ1) is 92.4. The van der Waals surface area contributed by atoms with Gasteiger partial charge in [-0.2, -0.15) is 0 Å². The van der Waals surface area contributed by atoms with E-state index >= 15 is 0 Å². The zero-order chi connectivity index (χ0) is 97.0. The zero-order valence-electron chi connectivity index (χ0n) is 89.6. The summed E-state index contributed by atoms with van der Waals surface area (Å²) in [5.74, 6) is 0. The minimum Gasteiger partial charge on any atom is -0.291 e. The van der Waals surface area contributed by atoms with E-state index < -0.39 is 0 Å². The molecular weight excluding hydrogens is 1600 g/mol. The van der Waals surface area contributed by atoms with Gasteiger partial charge in [-0.15, -0.1) is 0 Å². The lowest BCUT2D eigenvalue weighted by Gasteiger charge is -2.22. The van der Waals surface area contributed by atoms with E-state index in [1.807, 2.05) is 0 Å². The van der Waals surface area contributed by atoms with Crippen molar-refractivity contribution in [3.05, 3.63) is 267 Å². The standard InChI is InChI=1S/4C31H36N2/c4*1-13-14(2)21(9)27-25(19(13)7)26-20(8)15(3)17(5)23(11)29(26)33-30-24(12)18(6)16(4)22(10)28(30)32-31(27)33/h4*1-12H3. The third-order valence-electron chi connectivity index (χ3n) is 37.3. The summed E-state index contributed by atoms with van der Waals surface area (Å²) in [5.41, 5.74) is 85.3. The second-order valence-corrected chi connectivity index (χ2v) is 41.8. The number of benzene rings is 12. The van der Waals surface area contributed by atoms with Crippen LogP contribution >= 0.6 is 0 Å². The number of hydrogen-bond acceptors (Lipinski definition) is 4. The maximum Gasteiger partial charge on any atom is 0.146 e. The fraction of sp³-hybridized carbons (Fsp3) is 0.387. The Morgan fingerprint density at radius 1 is 0.0909 bits per heavy atom. The molecule has 680 valence electrons. The molecule has 0 aliphatic carbocycles. The number of hydrogen-bond donors (Lipinski definition) is 0. The van der Waals surface area contributed by atoms with Gasteiger partial charge in [0, 0.05) is 43.1 Å². The number of imidazole rings is 4. The molecule has 0 saturated carbocycles. The van der Waals surface area contributed by atoms with Crippen molar-refractivity contribution >= 4 is 153 Å². The zero-order valence-corrected chi connectivity index (χ0v) is 89.6. The maximum absolute atomic E-state index is 5.41. The Bertz CT molecular complexity index is 7860. The molecule has 0 unspecified atom stereocenters. The van der Waals surface area contributed by atoms with Gasteiger partial charge in [-0.3, -0.25) is 17.6 Å². The molecule has 0 fully saturated rings. The molecule has 8 heteroatoms. The minimum absolute atomic E-state index is 1.11. The quantitative estimate of drug-likeness (QED) is 0.142. The van der Waals surface area contributed by atoms with Crippen LogP contribution in [-0.4, -0.2) is 37.5 Å². The summed E-state index contributed by atoms with van der Waals surface area (Å²) in [6.45, 7) is 109. The normalized spacial score (nSPS) is 12.2. The summed E-state index contributed by atoms with van der Waals surface area (Å²) in [6, 6.07) is 0. The van der Waals surface area contributed by atoms with Crippen LogP contribution in [-0.2, 0) is 0 Å². The van der Waals surface area contributed by atoms with E-state index in [4.69, 9.17) is 19.9 Å². The molecule has 8 heterocycles. The predicted octanol–water partition coefficient (Wildman–Crippen LogP) is 34.0. The molecule has 0 atom stereocenters. The molecule has 132 heavy (non-hydrogen) atoms. The van der Waals surface area contributed by atoms with Crippen molar-refractivity contribution in [1.82, 2.24) is 37.5 Å². The van der Waals surface area contributed by atoms with Crippen molar-refractivity contribution in [2.75, 3.05) is 0 Å². The summed E-state index contributed by atoms with van der Waals surface area (Å²) in [4.78, 5) is 21.7. The van der Waals surface area contributed by atoms with Crippen LogP contribution in [0.25, 0.3) is 153 Å². The van der Waals surface area contributed by atoms with Crippen molar-refractivity contribution in [1.29, 1.82) is 0 Å². The monoisotopic (exact) mass is 1750 g/mol. The van der Waals surface area contributed by atoms with Crippen LogP contribution in [0.1, 0.15) is 267 Å². The molecule has 0 N–H and O–H groups in total. The topological polar surface area (TPSA) is 69.2 Å². The van der Waals surface area contributed by atoms with Crippen LogP contribution in [0.5, 0.6) is 0 Å². The number of nitrogens with zero attached hydrogens (tertiary/aromatic N) is 8. The molecular formula is C124H144N8. The molecule has 12 aromatic carbocycles. The Labute approximate surface area is 785 Å². The highest BCUT2D eigenvalue weighted by atomic mass is 15.1. The van der Waals surface area contributed by atoms with Crippen LogP contribution < -0.4 is 0 Å². The van der Waals surface area contributed by atoms with Gasteiger partial charge in [0.1, 0.15) is 22.6 Å². The van der Waals surface area contributed by atoms with Crippen molar-refractivity contribution in [3.63, 3.8) is 0 Å². The summed E-state index contributed by atoms with van der Waals surface area (Å²) < 4.78 is 10.0. The van der Waals surface area contributed by atoms with Gasteiger partial charge >= 0.3 is 0 Å². The molecule has 0 aliphatic heterocycles. The van der Waals surface area contributed by atoms with Crippen LogP contribution in [0.2, 0.25) is 0 Å². The second kappa shape index (κ2) is 31.1. The van der Waals surface area contributed by atoms with Crippen LogP contribution in [0.4, 0.5) is 0 Å². The largest absolute Gasteiger partial charge is 0.291 e. The highest BCUT2D eigenvalue weighted by molar-refractivity contribution is 6.24. The molecule has 0 bridgehead atoms. The van der Waals surface area contributed by atoms with Gasteiger partial charge < -0.3 is 0 Å². The van der Waals surface area contributed by atoms with E-state index in [1.165, 1.54) is 376 Å². The summed E-state index contributed by atoms with van der Waals surface area (Å²) >= 11 is 0. The van der Waals surface area contributed by atoms with E-state index in [0.29, 0.717) is 0 Å². The fourth-order valence-electron chi connectivity index (χ4n) is 24.5. The van der Waals surface area contributed by atoms with Crippen LogP contribution in [0.3, 0.4) is 0 Å². The number of aromatic nitrogens is 8. The van der Waals surface area contributed by atoms with E-state index in [9.17, 15) is 0 Å². The van der Waals surface area contributed by atoms with E-state index in [-0.39, 0.29) is 0 Å². The van der Waals surface area contributed by atoms with Crippen molar-refractivity contribution in [2.24, 2.45) is 0 Å². The Kier molecular flexibility index (Phi) is 21.7. The first-order valence-corrected chi connectivity index (χ1v) is 48.5. The lowest BCUT2D eigenvalue weighted by Crippen LogP contribution is -2.05. The van der Waals surface area contributed by atoms with E-state index in [1.54, 1.807) is 0 Å². The first-order chi connectivity index (χ1) is 61.6. The Morgan fingerprint density at radius 2 is 0.189 bits per heavy atom. The van der Waals surface area contributed by atoms with E-state index in [2.05, 4.69) is 350 Å². The second-order valence-electron chi connectivity index (χ2n) is 41.8. The average Bonchev–Trinajstić information content (AvgIpc) is 1.49. The number of pyridine rings is 4. The Morgan fingerprint density at radius 3 is 0.326 bits per heavy atom. The average molecular weight is 1750 g/mol. The lowest BCUT2D eigenvalue weighted by molar-refractivity contribution is 1.19. The van der Waals surface area contributed by atoms with Crippen LogP contribution in [0, 0.1) is 332 Å². The molecule has 0 spiro atoms. The van der Waals surface area contributed by atoms with Gasteiger partial charge in [0.25, 0.3) is 0 Å². The summed E-state index contributed by atoms with van der Waals surface area (Å²) in [5, 5.41) is 16.4. The van der Waals surface area contributed by atoms with Gasteiger partial charge in [-0.05, 0) is 621 Å². The van der Waals surface area contributed by atoms with Gasteiger partial charge in [0.05, 0.1) is 66.2 Å². The molecule has 0 aliphatic rings. The minimum atomic E-state index is 1.11. The molecule has 0 radical (unpaired) electrons. The van der Waals surface area contributed by atoms with Crippen molar-refractivity contribution in [3.8, 4) is 0 Å². The lowest BCUT2D eigenvalue weighted by atomic mass is 9.86. The van der Waals surface area contributed by atoms with Gasteiger partial charge in [-0.25, -0.2) is 19.9 Å². The summed E-state index contributed by atoms with van der Waals surface area (Å²) in [6.07, 6.45) is 0. The number of fused-ring (bicyclic) bond motifs is 32. The van der Waals surface area contributed by atoms with Gasteiger partial charge in [-0.1, -0.05) is 0 Å². The number of rotatable bonds is 0. The van der Waals surface area contributed by atoms with E-state index in [0.717, 1.165) is 44.7 Å². The third-order valence-corrected chi connectivity index (χ3v) is 37.3. The highest BCUT2D eigenvalue weighted by Crippen LogP contribution is 2.51. The first-order valence-electron chi connectivity index (χ1n) is 48.5. The molecule has 20 rings (SSSR count). The fourth-order valence-corrected chi connectivity index (χ4v) is 24.5. The number of aryl methyl sites for hydroxylation is 24. The van der Waals surface area contributed by atoms with Gasteiger partial charge in [0.15, 0.2) is 0 Å². The molecule has 8 nitrogen and oxygen atoms in total. The van der Waals surface area contributed by atoms with Crippen LogP contribution in [0.15, 0.2) is 0 Å². The molecule has 0 amide bonds. The Balaban J connectivity index is 0.000000123.